The highest BCUT2D eigenvalue weighted by Gasteiger charge is 2.31. The molecule has 2 aromatic rings. The van der Waals surface area contributed by atoms with E-state index in [0.29, 0.717) is 5.91 Å². The normalized spacial score (nSPS) is 21.2. The zero-order valence-corrected chi connectivity index (χ0v) is 17.7. The maximum atomic E-state index is 13.0. The fraction of sp³-hybridized carbons (Fsp3) is 0.682. The number of amides is 1. The molecule has 2 aromatic heterocycles. The van der Waals surface area contributed by atoms with Gasteiger partial charge in [-0.25, -0.2) is 9.97 Å². The second-order valence-electron chi connectivity index (χ2n) is 8.63. The van der Waals surface area contributed by atoms with E-state index in [1.165, 1.54) is 60.8 Å². The molecule has 4 heterocycles. The van der Waals surface area contributed by atoms with Crippen LogP contribution in [0.25, 0.3) is 10.2 Å². The maximum absolute atomic E-state index is 13.0. The molecule has 28 heavy (non-hydrogen) atoms. The van der Waals surface area contributed by atoms with Gasteiger partial charge in [0.25, 0.3) is 0 Å². The number of thiophene rings is 1. The van der Waals surface area contributed by atoms with Crippen LogP contribution in [0, 0.1) is 12.8 Å². The highest BCUT2D eigenvalue weighted by atomic mass is 32.1. The Morgan fingerprint density at radius 1 is 0.964 bits per heavy atom. The average molecular weight is 399 g/mol. The van der Waals surface area contributed by atoms with Crippen molar-refractivity contribution in [3.05, 3.63) is 16.3 Å². The number of aryl methyl sites for hydroxylation is 3. The van der Waals surface area contributed by atoms with Crippen molar-refractivity contribution < 1.29 is 4.79 Å². The van der Waals surface area contributed by atoms with Crippen molar-refractivity contribution in [1.82, 2.24) is 14.9 Å². The Balaban J connectivity index is 1.34. The number of anilines is 1. The van der Waals surface area contributed by atoms with Crippen molar-refractivity contribution in [1.29, 1.82) is 0 Å². The molecule has 5 nitrogen and oxygen atoms in total. The predicted octanol–water partition coefficient (Wildman–Crippen LogP) is 4.11. The van der Waals surface area contributed by atoms with Crippen LogP contribution in [0.3, 0.4) is 0 Å². The summed E-state index contributed by atoms with van der Waals surface area (Å²) in [4.78, 5) is 29.9. The van der Waals surface area contributed by atoms with E-state index in [-0.39, 0.29) is 5.92 Å². The monoisotopic (exact) mass is 398 g/mol. The summed E-state index contributed by atoms with van der Waals surface area (Å²) in [7, 11) is 0. The van der Waals surface area contributed by atoms with Gasteiger partial charge in [0, 0.05) is 37.0 Å². The summed E-state index contributed by atoms with van der Waals surface area (Å²) < 4.78 is 0. The van der Waals surface area contributed by atoms with Crippen LogP contribution in [0.5, 0.6) is 0 Å². The van der Waals surface area contributed by atoms with Crippen LogP contribution < -0.4 is 4.90 Å². The van der Waals surface area contributed by atoms with E-state index in [4.69, 9.17) is 9.97 Å². The van der Waals surface area contributed by atoms with Crippen molar-refractivity contribution in [2.75, 3.05) is 31.1 Å². The van der Waals surface area contributed by atoms with Gasteiger partial charge in [-0.2, -0.15) is 0 Å². The van der Waals surface area contributed by atoms with Crippen LogP contribution >= 0.6 is 11.3 Å². The molecule has 2 aliphatic heterocycles. The third kappa shape index (κ3) is 3.30. The molecule has 3 aliphatic rings. The number of likely N-dealkylation sites (tertiary alicyclic amines) is 1. The Morgan fingerprint density at radius 2 is 1.71 bits per heavy atom. The van der Waals surface area contributed by atoms with Gasteiger partial charge in [-0.15, -0.1) is 11.3 Å². The van der Waals surface area contributed by atoms with E-state index in [0.717, 1.165) is 55.5 Å². The molecule has 0 N–H and O–H groups in total. The zero-order chi connectivity index (χ0) is 19.1. The van der Waals surface area contributed by atoms with Gasteiger partial charge in [0.2, 0.25) is 5.91 Å². The third-order valence-electron chi connectivity index (χ3n) is 6.72. The number of piperidine rings is 1. The number of carbonyl (C=O) groups excluding carboxylic acids is 1. The SMILES string of the molecule is Cc1nc(N2CCC(C(=O)N3CCCCCC3)CC2)c2c3c(sc2n1)CCC3. The van der Waals surface area contributed by atoms with Crippen LogP contribution in [0.4, 0.5) is 5.82 Å². The van der Waals surface area contributed by atoms with E-state index in [2.05, 4.69) is 9.80 Å². The van der Waals surface area contributed by atoms with Gasteiger partial charge in [-0.3, -0.25) is 4.79 Å². The molecule has 0 radical (unpaired) electrons. The first-order valence-electron chi connectivity index (χ1n) is 11.0. The minimum atomic E-state index is 0.195. The Morgan fingerprint density at radius 3 is 2.46 bits per heavy atom. The number of hydrogen-bond acceptors (Lipinski definition) is 5. The van der Waals surface area contributed by atoms with Gasteiger partial charge < -0.3 is 9.80 Å². The number of aromatic nitrogens is 2. The second-order valence-corrected chi connectivity index (χ2v) is 9.72. The minimum absolute atomic E-state index is 0.195. The first-order chi connectivity index (χ1) is 13.7. The highest BCUT2D eigenvalue weighted by molar-refractivity contribution is 7.19. The van der Waals surface area contributed by atoms with Crippen LogP contribution in [-0.4, -0.2) is 47.0 Å². The lowest BCUT2D eigenvalue weighted by molar-refractivity contribution is -0.136. The molecule has 6 heteroatoms. The lowest BCUT2D eigenvalue weighted by Crippen LogP contribution is -2.43. The van der Waals surface area contributed by atoms with Crippen LogP contribution in [0.2, 0.25) is 0 Å². The molecular weight excluding hydrogens is 368 g/mol. The average Bonchev–Trinajstić information content (AvgIpc) is 3.17. The van der Waals surface area contributed by atoms with Crippen molar-refractivity contribution >= 4 is 33.3 Å². The van der Waals surface area contributed by atoms with Gasteiger partial charge in [-0.1, -0.05) is 12.8 Å². The number of fused-ring (bicyclic) bond motifs is 3. The lowest BCUT2D eigenvalue weighted by Gasteiger charge is -2.35. The van der Waals surface area contributed by atoms with Gasteiger partial charge >= 0.3 is 0 Å². The van der Waals surface area contributed by atoms with Crippen molar-refractivity contribution in [2.45, 2.75) is 64.7 Å². The summed E-state index contributed by atoms with van der Waals surface area (Å²) >= 11 is 1.87. The van der Waals surface area contributed by atoms with E-state index in [9.17, 15) is 4.79 Å². The molecule has 0 aromatic carbocycles. The maximum Gasteiger partial charge on any atom is 0.225 e. The van der Waals surface area contributed by atoms with Crippen molar-refractivity contribution in [2.24, 2.45) is 5.92 Å². The van der Waals surface area contributed by atoms with E-state index >= 15 is 0 Å². The molecule has 0 saturated carbocycles. The lowest BCUT2D eigenvalue weighted by atomic mass is 9.95. The summed E-state index contributed by atoms with van der Waals surface area (Å²) in [6.07, 6.45) is 10.4. The van der Waals surface area contributed by atoms with Crippen LogP contribution in [-0.2, 0) is 17.6 Å². The van der Waals surface area contributed by atoms with Crippen molar-refractivity contribution in [3.8, 4) is 0 Å². The van der Waals surface area contributed by atoms with Gasteiger partial charge in [0.05, 0.1) is 5.39 Å². The Kier molecular flexibility index (Phi) is 4.99. The Bertz CT molecular complexity index is 876. The first kappa shape index (κ1) is 18.3. The van der Waals surface area contributed by atoms with Crippen LogP contribution in [0.1, 0.15) is 61.2 Å². The first-order valence-corrected chi connectivity index (χ1v) is 11.8. The standard InChI is InChI=1S/C22H30N4OS/c1-15-23-20(19-17-7-6-8-18(17)28-21(19)24-15)25-13-9-16(10-14-25)22(27)26-11-4-2-3-5-12-26/h16H,2-14H2,1H3. The molecular formula is C22H30N4OS. The molecule has 2 saturated heterocycles. The predicted molar refractivity (Wildman–Crippen MR) is 114 cm³/mol. The van der Waals surface area contributed by atoms with E-state index in [1.54, 1.807) is 0 Å². The topological polar surface area (TPSA) is 49.3 Å². The number of nitrogens with zero attached hydrogens (tertiary/aromatic N) is 4. The summed E-state index contributed by atoms with van der Waals surface area (Å²) in [6.45, 7) is 5.79. The number of carbonyl (C=O) groups is 1. The van der Waals surface area contributed by atoms with E-state index < -0.39 is 0 Å². The summed E-state index contributed by atoms with van der Waals surface area (Å²) in [6, 6.07) is 0. The second kappa shape index (κ2) is 7.62. The molecule has 1 aliphatic carbocycles. The molecule has 1 amide bonds. The zero-order valence-electron chi connectivity index (χ0n) is 16.9. The highest BCUT2D eigenvalue weighted by Crippen LogP contribution is 2.41. The van der Waals surface area contributed by atoms with Gasteiger partial charge in [0.15, 0.2) is 0 Å². The summed E-state index contributed by atoms with van der Waals surface area (Å²) in [5.41, 5.74) is 1.50. The van der Waals surface area contributed by atoms with Gasteiger partial charge in [0.1, 0.15) is 16.5 Å². The smallest absolute Gasteiger partial charge is 0.225 e. The fourth-order valence-electron chi connectivity index (χ4n) is 5.20. The molecule has 2 fully saturated rings. The van der Waals surface area contributed by atoms with Crippen LogP contribution in [0.15, 0.2) is 0 Å². The third-order valence-corrected chi connectivity index (χ3v) is 7.90. The summed E-state index contributed by atoms with van der Waals surface area (Å²) in [5.74, 6) is 2.59. The van der Waals surface area contributed by atoms with Crippen molar-refractivity contribution in [3.63, 3.8) is 0 Å². The van der Waals surface area contributed by atoms with Gasteiger partial charge in [-0.05, 0) is 57.4 Å². The number of rotatable bonds is 2. The fourth-order valence-corrected chi connectivity index (χ4v) is 6.50. The molecule has 0 unspecified atom stereocenters. The van der Waals surface area contributed by atoms with E-state index in [1.807, 2.05) is 18.3 Å². The molecule has 0 spiro atoms. The molecule has 5 rings (SSSR count). The molecule has 0 bridgehead atoms. The minimum Gasteiger partial charge on any atom is -0.356 e. The number of hydrogen-bond donors (Lipinski definition) is 0. The largest absolute Gasteiger partial charge is 0.356 e. The molecule has 150 valence electrons. The Hall–Kier alpha value is -1.69. The summed E-state index contributed by atoms with van der Waals surface area (Å²) in [5, 5.41) is 1.31. The quantitative estimate of drug-likeness (QED) is 0.764. The molecule has 0 atom stereocenters. The Labute approximate surface area is 171 Å².